The largest absolute Gasteiger partial charge is 0.496 e. The molecule has 8 nitrogen and oxygen atoms in total. The van der Waals surface area contributed by atoms with Crippen molar-refractivity contribution in [2.24, 2.45) is 7.05 Å². The van der Waals surface area contributed by atoms with Crippen molar-refractivity contribution in [2.75, 3.05) is 13.7 Å². The third-order valence-electron chi connectivity index (χ3n) is 4.40. The van der Waals surface area contributed by atoms with Gasteiger partial charge in [-0.2, -0.15) is 10.2 Å². The quantitative estimate of drug-likeness (QED) is 0.508. The van der Waals surface area contributed by atoms with E-state index in [0.717, 1.165) is 16.4 Å². The molecule has 4 aromatic rings. The Hall–Kier alpha value is -3.46. The van der Waals surface area contributed by atoms with Gasteiger partial charge in [-0.3, -0.25) is 9.48 Å². The van der Waals surface area contributed by atoms with E-state index in [1.165, 1.54) is 11.3 Å². The molecule has 0 unspecified atom stereocenters. The zero-order valence-electron chi connectivity index (χ0n) is 16.1. The number of hydrogen-bond donors (Lipinski definition) is 1. The highest BCUT2D eigenvalue weighted by Gasteiger charge is 2.16. The number of nitrogens with zero attached hydrogens (tertiary/aromatic N) is 5. The lowest BCUT2D eigenvalue weighted by molar-refractivity contribution is 0.0944. The van der Waals surface area contributed by atoms with Gasteiger partial charge in [0.15, 0.2) is 0 Å². The van der Waals surface area contributed by atoms with Crippen molar-refractivity contribution in [3.8, 4) is 22.1 Å². The molecule has 0 aliphatic rings. The minimum absolute atomic E-state index is 0.177. The Morgan fingerprint density at radius 1 is 1.28 bits per heavy atom. The minimum atomic E-state index is -0.177. The van der Waals surface area contributed by atoms with Gasteiger partial charge in [0.2, 0.25) is 5.13 Å². The van der Waals surface area contributed by atoms with Gasteiger partial charge in [-0.1, -0.05) is 12.1 Å². The highest BCUT2D eigenvalue weighted by molar-refractivity contribution is 7.12. The van der Waals surface area contributed by atoms with Gasteiger partial charge in [0, 0.05) is 43.4 Å². The van der Waals surface area contributed by atoms with Crippen molar-refractivity contribution >= 4 is 17.2 Å². The highest BCUT2D eigenvalue weighted by Crippen LogP contribution is 2.28. The fourth-order valence-electron chi connectivity index (χ4n) is 2.96. The van der Waals surface area contributed by atoms with Gasteiger partial charge in [-0.15, -0.1) is 11.3 Å². The van der Waals surface area contributed by atoms with Crippen LogP contribution in [0.5, 0.6) is 5.75 Å². The summed E-state index contributed by atoms with van der Waals surface area (Å²) in [5.74, 6) is 0.540. The number of amides is 1. The first-order valence-electron chi connectivity index (χ1n) is 9.06. The summed E-state index contributed by atoms with van der Waals surface area (Å²) in [6.45, 7) is 0.482. The van der Waals surface area contributed by atoms with Gasteiger partial charge < -0.3 is 10.1 Å². The number of benzene rings is 1. The molecule has 0 aliphatic heterocycles. The number of nitrogens with one attached hydrogen (secondary N) is 1. The van der Waals surface area contributed by atoms with Crippen LogP contribution in [0, 0.1) is 0 Å². The first-order chi connectivity index (χ1) is 14.2. The number of thiazole rings is 1. The van der Waals surface area contributed by atoms with Crippen LogP contribution >= 0.6 is 11.3 Å². The number of methoxy groups -OCH3 is 1. The number of aromatic nitrogens is 5. The predicted molar refractivity (Wildman–Crippen MR) is 110 cm³/mol. The molecule has 1 aromatic carbocycles. The molecule has 0 bridgehead atoms. The van der Waals surface area contributed by atoms with Crippen LogP contribution in [0.4, 0.5) is 0 Å². The van der Waals surface area contributed by atoms with Gasteiger partial charge >= 0.3 is 0 Å². The van der Waals surface area contributed by atoms with Crippen molar-refractivity contribution in [3.63, 3.8) is 0 Å². The molecule has 3 aromatic heterocycles. The average molecular weight is 408 g/mol. The van der Waals surface area contributed by atoms with E-state index in [2.05, 4.69) is 20.5 Å². The molecular weight excluding hydrogens is 388 g/mol. The third kappa shape index (κ3) is 4.04. The van der Waals surface area contributed by atoms with Crippen molar-refractivity contribution in [1.82, 2.24) is 29.9 Å². The van der Waals surface area contributed by atoms with E-state index in [0.29, 0.717) is 30.1 Å². The molecule has 3 heterocycles. The lowest BCUT2D eigenvalue weighted by Crippen LogP contribution is -2.27. The summed E-state index contributed by atoms with van der Waals surface area (Å²) in [6.07, 6.45) is 4.21. The molecule has 0 spiro atoms. The fraction of sp³-hybridized carbons (Fsp3) is 0.200. The molecule has 9 heteroatoms. The highest BCUT2D eigenvalue weighted by atomic mass is 32.1. The number of hydrogen-bond acceptors (Lipinski definition) is 6. The summed E-state index contributed by atoms with van der Waals surface area (Å²) in [6, 6.07) is 11.2. The van der Waals surface area contributed by atoms with E-state index in [4.69, 9.17) is 4.74 Å². The van der Waals surface area contributed by atoms with E-state index in [9.17, 15) is 4.79 Å². The maximum absolute atomic E-state index is 12.6. The van der Waals surface area contributed by atoms with Crippen LogP contribution in [0.15, 0.2) is 54.2 Å². The lowest BCUT2D eigenvalue weighted by atomic mass is 10.1. The van der Waals surface area contributed by atoms with Crippen molar-refractivity contribution < 1.29 is 9.53 Å². The van der Waals surface area contributed by atoms with E-state index < -0.39 is 0 Å². The fourth-order valence-corrected chi connectivity index (χ4v) is 3.76. The molecule has 4 rings (SSSR count). The monoisotopic (exact) mass is 408 g/mol. The molecule has 0 saturated carbocycles. The van der Waals surface area contributed by atoms with Crippen LogP contribution in [0.25, 0.3) is 16.4 Å². The SMILES string of the molecule is COc1ccccc1-c1cc(C(=O)NCCc2csc(-n3cccn3)n2)n(C)n1. The Labute approximate surface area is 171 Å². The lowest BCUT2D eigenvalue weighted by Gasteiger charge is -2.04. The standard InChI is InChI=1S/C20H20N6O2S/c1-25-17(12-16(24-25)15-6-3-4-7-18(15)28-2)19(27)21-10-8-14-13-29-20(23-14)26-11-5-9-22-26/h3-7,9,11-13H,8,10H2,1-2H3,(H,21,27). The molecule has 1 amide bonds. The van der Waals surface area contributed by atoms with E-state index >= 15 is 0 Å². The van der Waals surface area contributed by atoms with Crippen LogP contribution in [0.2, 0.25) is 0 Å². The third-order valence-corrected chi connectivity index (χ3v) is 5.28. The summed E-state index contributed by atoms with van der Waals surface area (Å²) in [4.78, 5) is 17.2. The summed E-state index contributed by atoms with van der Waals surface area (Å²) in [7, 11) is 3.37. The molecule has 29 heavy (non-hydrogen) atoms. The topological polar surface area (TPSA) is 86.9 Å². The van der Waals surface area contributed by atoms with E-state index in [1.807, 2.05) is 41.9 Å². The average Bonchev–Trinajstić information content (AvgIpc) is 3.48. The molecule has 1 N–H and O–H groups in total. The van der Waals surface area contributed by atoms with Gasteiger partial charge in [0.25, 0.3) is 5.91 Å². The summed E-state index contributed by atoms with van der Waals surface area (Å²) in [5, 5.41) is 14.4. The molecule has 0 atom stereocenters. The number of carbonyl (C=O) groups excluding carboxylic acids is 1. The van der Waals surface area contributed by atoms with E-state index in [1.54, 1.807) is 35.8 Å². The van der Waals surface area contributed by atoms with Crippen LogP contribution in [-0.2, 0) is 13.5 Å². The zero-order valence-corrected chi connectivity index (χ0v) is 16.9. The number of para-hydroxylation sites is 1. The Bertz CT molecular complexity index is 1120. The summed E-state index contributed by atoms with van der Waals surface area (Å²) in [5.41, 5.74) is 2.94. The second-order valence-corrected chi connectivity index (χ2v) is 7.15. The van der Waals surface area contributed by atoms with Crippen LogP contribution in [0.3, 0.4) is 0 Å². The van der Waals surface area contributed by atoms with Crippen molar-refractivity contribution in [2.45, 2.75) is 6.42 Å². The van der Waals surface area contributed by atoms with E-state index in [-0.39, 0.29) is 5.91 Å². The maximum Gasteiger partial charge on any atom is 0.269 e. The second kappa shape index (κ2) is 8.27. The van der Waals surface area contributed by atoms with Crippen LogP contribution < -0.4 is 10.1 Å². The van der Waals surface area contributed by atoms with Crippen LogP contribution in [0.1, 0.15) is 16.2 Å². The normalized spacial score (nSPS) is 10.8. The van der Waals surface area contributed by atoms with Gasteiger partial charge in [-0.25, -0.2) is 9.67 Å². The van der Waals surface area contributed by atoms with Gasteiger partial charge in [-0.05, 0) is 24.3 Å². The molecular formula is C20H20N6O2S. The predicted octanol–water partition coefficient (Wildman–Crippen LogP) is 2.71. The molecule has 0 fully saturated rings. The molecule has 0 aliphatic carbocycles. The number of carbonyl (C=O) groups is 1. The smallest absolute Gasteiger partial charge is 0.269 e. The molecule has 148 valence electrons. The number of ether oxygens (including phenoxy) is 1. The van der Waals surface area contributed by atoms with Gasteiger partial charge in [0.05, 0.1) is 18.5 Å². The van der Waals surface area contributed by atoms with Crippen molar-refractivity contribution in [1.29, 1.82) is 0 Å². The zero-order chi connectivity index (χ0) is 20.2. The van der Waals surface area contributed by atoms with Crippen LogP contribution in [-0.4, -0.2) is 44.1 Å². The molecule has 0 radical (unpaired) electrons. The summed E-state index contributed by atoms with van der Waals surface area (Å²) < 4.78 is 8.69. The Morgan fingerprint density at radius 2 is 2.14 bits per heavy atom. The minimum Gasteiger partial charge on any atom is -0.496 e. The maximum atomic E-state index is 12.6. The first-order valence-corrected chi connectivity index (χ1v) is 9.93. The van der Waals surface area contributed by atoms with Gasteiger partial charge in [0.1, 0.15) is 11.4 Å². The number of aryl methyl sites for hydroxylation is 1. The van der Waals surface area contributed by atoms with Crippen molar-refractivity contribution in [3.05, 3.63) is 65.6 Å². The Balaban J connectivity index is 1.40. The molecule has 0 saturated heterocycles. The Morgan fingerprint density at radius 3 is 2.93 bits per heavy atom. The number of rotatable bonds is 7. The summed E-state index contributed by atoms with van der Waals surface area (Å²) >= 11 is 1.52. The second-order valence-electron chi connectivity index (χ2n) is 6.32. The Kier molecular flexibility index (Phi) is 5.39. The first kappa shape index (κ1) is 18.9.